The lowest BCUT2D eigenvalue weighted by Gasteiger charge is -2.32. The van der Waals surface area contributed by atoms with E-state index >= 15 is 0 Å². The Morgan fingerprint density at radius 1 is 1.19 bits per heavy atom. The number of hydrogen-bond donors (Lipinski definition) is 0. The van der Waals surface area contributed by atoms with Crippen molar-refractivity contribution in [3.63, 3.8) is 0 Å². The van der Waals surface area contributed by atoms with Gasteiger partial charge >= 0.3 is 0 Å². The minimum absolute atomic E-state index is 0.0216. The van der Waals surface area contributed by atoms with E-state index in [1.807, 2.05) is 36.2 Å². The van der Waals surface area contributed by atoms with Gasteiger partial charge in [0.05, 0.1) is 24.5 Å². The number of pyridine rings is 1. The van der Waals surface area contributed by atoms with Gasteiger partial charge < -0.3 is 13.9 Å². The summed E-state index contributed by atoms with van der Waals surface area (Å²) in [5, 5.41) is 1.16. The number of amidine groups is 1. The first-order chi connectivity index (χ1) is 13.3. The lowest BCUT2D eigenvalue weighted by molar-refractivity contribution is 0.245. The van der Waals surface area contributed by atoms with Crippen LogP contribution in [0.4, 0.5) is 0 Å². The summed E-state index contributed by atoms with van der Waals surface area (Å²) in [4.78, 5) is 12.3. The quantitative estimate of drug-likeness (QED) is 0.656. The second-order valence-corrected chi connectivity index (χ2v) is 7.96. The van der Waals surface area contributed by atoms with Gasteiger partial charge in [-0.2, -0.15) is 0 Å². The first-order valence-corrected chi connectivity index (χ1v) is 10.4. The number of aliphatic imine (C=N–C) groups is 1. The minimum Gasteiger partial charge on any atom is -0.467 e. The Labute approximate surface area is 163 Å². The third-order valence-electron chi connectivity index (χ3n) is 5.40. The molecule has 0 aromatic carbocycles. The van der Waals surface area contributed by atoms with Crippen LogP contribution in [0.2, 0.25) is 0 Å². The van der Waals surface area contributed by atoms with Gasteiger partial charge in [-0.25, -0.2) is 0 Å². The molecule has 5 nitrogen and oxygen atoms in total. The molecule has 0 saturated carbocycles. The number of rotatable bonds is 5. The molecule has 6 heteroatoms. The average molecular weight is 379 g/mol. The highest BCUT2D eigenvalue weighted by Gasteiger charge is 2.46. The van der Waals surface area contributed by atoms with Crippen LogP contribution in [0.15, 0.2) is 70.5 Å². The van der Waals surface area contributed by atoms with Crippen LogP contribution in [-0.4, -0.2) is 31.4 Å². The van der Waals surface area contributed by atoms with Crippen LogP contribution >= 0.6 is 11.8 Å². The third kappa shape index (κ3) is 2.88. The first kappa shape index (κ1) is 16.7. The molecule has 1 saturated heterocycles. The molecule has 1 fully saturated rings. The maximum absolute atomic E-state index is 5.59. The summed E-state index contributed by atoms with van der Waals surface area (Å²) in [6, 6.07) is 15.1. The van der Waals surface area contributed by atoms with Crippen molar-refractivity contribution in [1.82, 2.24) is 14.5 Å². The van der Waals surface area contributed by atoms with Crippen molar-refractivity contribution in [3.8, 4) is 0 Å². The molecule has 3 unspecified atom stereocenters. The zero-order chi connectivity index (χ0) is 18.2. The average Bonchev–Trinajstić information content (AvgIpc) is 3.47. The molecule has 0 aliphatic carbocycles. The highest BCUT2D eigenvalue weighted by molar-refractivity contribution is 8.14. The van der Waals surface area contributed by atoms with Gasteiger partial charge in [0, 0.05) is 29.9 Å². The highest BCUT2D eigenvalue weighted by Crippen LogP contribution is 2.48. The van der Waals surface area contributed by atoms with Gasteiger partial charge in [-0.15, -0.1) is 0 Å². The molecule has 0 amide bonds. The first-order valence-electron chi connectivity index (χ1n) is 9.42. The second kappa shape index (κ2) is 6.93. The Bertz CT molecular complexity index is 934. The molecule has 5 heterocycles. The van der Waals surface area contributed by atoms with Crippen molar-refractivity contribution in [2.24, 2.45) is 4.99 Å². The summed E-state index contributed by atoms with van der Waals surface area (Å²) in [5.74, 6) is 2.07. The third-order valence-corrected chi connectivity index (χ3v) is 6.53. The molecular formula is C21H22N4OS. The zero-order valence-corrected chi connectivity index (χ0v) is 16.0. The zero-order valence-electron chi connectivity index (χ0n) is 15.2. The molecule has 2 aliphatic rings. The van der Waals surface area contributed by atoms with Crippen LogP contribution < -0.4 is 0 Å². The molecule has 138 valence electrons. The van der Waals surface area contributed by atoms with Crippen LogP contribution in [0.1, 0.15) is 42.6 Å². The SMILES string of the molecule is CCC1CSC2=NC(c3ccccn3)C(c3cccn3Cc3ccco3)N21. The van der Waals surface area contributed by atoms with E-state index in [9.17, 15) is 0 Å². The summed E-state index contributed by atoms with van der Waals surface area (Å²) in [5.41, 5.74) is 2.30. The summed E-state index contributed by atoms with van der Waals surface area (Å²) in [7, 11) is 0. The topological polar surface area (TPSA) is 46.6 Å². The molecule has 0 radical (unpaired) electrons. The number of furan rings is 1. The van der Waals surface area contributed by atoms with Gasteiger partial charge in [0.25, 0.3) is 0 Å². The van der Waals surface area contributed by atoms with Crippen molar-refractivity contribution in [3.05, 3.63) is 78.3 Å². The van der Waals surface area contributed by atoms with Crippen LogP contribution in [0.5, 0.6) is 0 Å². The van der Waals surface area contributed by atoms with E-state index < -0.39 is 0 Å². The fourth-order valence-corrected chi connectivity index (χ4v) is 5.42. The summed E-state index contributed by atoms with van der Waals surface area (Å²) >= 11 is 1.88. The van der Waals surface area contributed by atoms with E-state index in [1.165, 1.54) is 5.69 Å². The predicted octanol–water partition coefficient (Wildman–Crippen LogP) is 4.50. The van der Waals surface area contributed by atoms with Gasteiger partial charge in [0.2, 0.25) is 0 Å². The number of hydrogen-bond acceptors (Lipinski definition) is 5. The van der Waals surface area contributed by atoms with Gasteiger partial charge in [-0.3, -0.25) is 9.98 Å². The molecule has 5 rings (SSSR count). The fraction of sp³-hybridized carbons (Fsp3) is 0.333. The van der Waals surface area contributed by atoms with E-state index in [4.69, 9.17) is 9.41 Å². The molecule has 2 aliphatic heterocycles. The van der Waals surface area contributed by atoms with E-state index in [0.29, 0.717) is 6.04 Å². The highest BCUT2D eigenvalue weighted by atomic mass is 32.2. The Balaban J connectivity index is 1.56. The molecule has 27 heavy (non-hydrogen) atoms. The van der Waals surface area contributed by atoms with Crippen molar-refractivity contribution in [2.75, 3.05) is 5.75 Å². The minimum atomic E-state index is 0.0216. The molecular weight excluding hydrogens is 356 g/mol. The molecule has 3 aromatic heterocycles. The van der Waals surface area contributed by atoms with E-state index in [1.54, 1.807) is 6.26 Å². The lowest BCUT2D eigenvalue weighted by atomic mass is 9.99. The van der Waals surface area contributed by atoms with Crippen molar-refractivity contribution in [2.45, 2.75) is 38.0 Å². The molecule has 0 N–H and O–H groups in total. The maximum atomic E-state index is 5.59. The second-order valence-electron chi connectivity index (χ2n) is 6.98. The van der Waals surface area contributed by atoms with E-state index in [0.717, 1.165) is 35.3 Å². The number of fused-ring (bicyclic) bond motifs is 1. The fourth-order valence-electron chi connectivity index (χ4n) is 4.08. The summed E-state index contributed by atoms with van der Waals surface area (Å²) in [6.07, 6.45) is 6.85. The number of nitrogens with zero attached hydrogens (tertiary/aromatic N) is 4. The van der Waals surface area contributed by atoms with E-state index in [-0.39, 0.29) is 12.1 Å². The molecule has 0 bridgehead atoms. The van der Waals surface area contributed by atoms with Crippen LogP contribution in [0.3, 0.4) is 0 Å². The monoisotopic (exact) mass is 378 g/mol. The van der Waals surface area contributed by atoms with Crippen molar-refractivity contribution < 1.29 is 4.42 Å². The van der Waals surface area contributed by atoms with Crippen LogP contribution in [0.25, 0.3) is 0 Å². The lowest BCUT2D eigenvalue weighted by Crippen LogP contribution is -2.36. The molecule has 3 atom stereocenters. The Kier molecular flexibility index (Phi) is 4.28. The normalized spacial score (nSPS) is 24.3. The van der Waals surface area contributed by atoms with Crippen LogP contribution in [-0.2, 0) is 6.54 Å². The molecule has 0 spiro atoms. The number of thioether (sulfide) groups is 1. The van der Waals surface area contributed by atoms with Crippen LogP contribution in [0, 0.1) is 0 Å². The van der Waals surface area contributed by atoms with Gasteiger partial charge in [-0.1, -0.05) is 24.8 Å². The summed E-state index contributed by atoms with van der Waals surface area (Å²) < 4.78 is 7.87. The van der Waals surface area contributed by atoms with Crippen molar-refractivity contribution >= 4 is 16.9 Å². The molecule has 3 aromatic rings. The smallest absolute Gasteiger partial charge is 0.160 e. The largest absolute Gasteiger partial charge is 0.467 e. The number of aromatic nitrogens is 2. The van der Waals surface area contributed by atoms with Gasteiger partial charge in [-0.05, 0) is 42.8 Å². The Morgan fingerprint density at radius 2 is 2.15 bits per heavy atom. The van der Waals surface area contributed by atoms with E-state index in [2.05, 4.69) is 51.8 Å². The maximum Gasteiger partial charge on any atom is 0.160 e. The Morgan fingerprint density at radius 3 is 2.93 bits per heavy atom. The summed E-state index contributed by atoms with van der Waals surface area (Å²) in [6.45, 7) is 3.00. The van der Waals surface area contributed by atoms with Crippen molar-refractivity contribution in [1.29, 1.82) is 0 Å². The standard InChI is InChI=1S/C21H22N4OS/c1-2-15-14-27-21-23-19(17-8-3-4-10-22-17)20(25(15)21)18-9-5-11-24(18)13-16-7-6-12-26-16/h3-12,15,19-20H,2,13-14H2,1H3. The Hall–Kier alpha value is -2.47. The van der Waals surface area contributed by atoms with Gasteiger partial charge in [0.1, 0.15) is 11.8 Å². The predicted molar refractivity (Wildman–Crippen MR) is 108 cm³/mol. The van der Waals surface area contributed by atoms with Gasteiger partial charge in [0.15, 0.2) is 5.17 Å².